The number of hydrogen-bond acceptors (Lipinski definition) is 6. The fourth-order valence-electron chi connectivity index (χ4n) is 2.77. The van der Waals surface area contributed by atoms with Crippen molar-refractivity contribution >= 4 is 56.6 Å². The van der Waals surface area contributed by atoms with Crippen molar-refractivity contribution < 1.29 is 4.79 Å². The predicted octanol–water partition coefficient (Wildman–Crippen LogP) is 5.77. The summed E-state index contributed by atoms with van der Waals surface area (Å²) in [5, 5.41) is 12.9. The van der Waals surface area contributed by atoms with Gasteiger partial charge >= 0.3 is 0 Å². The van der Waals surface area contributed by atoms with Gasteiger partial charge in [-0.2, -0.15) is 0 Å². The Balaban J connectivity index is 1.75. The third-order valence-electron chi connectivity index (χ3n) is 3.98. The summed E-state index contributed by atoms with van der Waals surface area (Å²) in [4.78, 5) is 17.7. The summed E-state index contributed by atoms with van der Waals surface area (Å²) in [6.45, 7) is 2.05. The van der Waals surface area contributed by atoms with E-state index in [9.17, 15) is 4.79 Å². The molecule has 28 heavy (non-hydrogen) atoms. The number of anilines is 1. The smallest absolute Gasteiger partial charge is 0.258 e. The lowest BCUT2D eigenvalue weighted by Gasteiger charge is -2.09. The van der Waals surface area contributed by atoms with Gasteiger partial charge in [0.25, 0.3) is 5.91 Å². The second kappa shape index (κ2) is 8.26. The molecule has 4 aromatic rings. The maximum Gasteiger partial charge on any atom is 0.258 e. The molecule has 2 heterocycles. The molecule has 1 N–H and O–H groups in total. The number of hydrogen-bond donors (Lipinski definition) is 1. The number of benzene rings is 2. The van der Waals surface area contributed by atoms with E-state index in [-0.39, 0.29) is 5.91 Å². The first-order valence-electron chi connectivity index (χ1n) is 8.57. The maximum absolute atomic E-state index is 13.0. The number of aromatic nitrogens is 3. The number of rotatable bonds is 5. The Kier molecular flexibility index (Phi) is 5.57. The number of nitrogens with zero attached hydrogens (tertiary/aromatic N) is 3. The molecule has 1 amide bonds. The first-order valence-corrected chi connectivity index (χ1v) is 10.8. The molecule has 0 unspecified atom stereocenters. The van der Waals surface area contributed by atoms with Crippen LogP contribution in [0.1, 0.15) is 17.3 Å². The summed E-state index contributed by atoms with van der Waals surface area (Å²) in [5.41, 5.74) is 2.81. The van der Waals surface area contributed by atoms with Crippen LogP contribution in [0.2, 0.25) is 5.02 Å². The first-order chi connectivity index (χ1) is 13.6. The third-order valence-corrected chi connectivity index (χ3v) is 6.07. The van der Waals surface area contributed by atoms with E-state index in [4.69, 9.17) is 16.6 Å². The number of thioether (sulfide) groups is 1. The molecule has 2 aromatic carbocycles. The van der Waals surface area contributed by atoms with Gasteiger partial charge in [0.05, 0.1) is 16.8 Å². The van der Waals surface area contributed by atoms with Crippen LogP contribution in [-0.4, -0.2) is 26.8 Å². The predicted molar refractivity (Wildman–Crippen MR) is 116 cm³/mol. The average molecular weight is 427 g/mol. The van der Waals surface area contributed by atoms with Gasteiger partial charge in [0, 0.05) is 16.0 Å². The van der Waals surface area contributed by atoms with Gasteiger partial charge in [0.1, 0.15) is 0 Å². The largest absolute Gasteiger partial charge is 0.296 e. The molecule has 0 atom stereocenters. The number of amides is 1. The molecule has 4 rings (SSSR count). The molecule has 0 saturated carbocycles. The third kappa shape index (κ3) is 4.01. The zero-order valence-electron chi connectivity index (χ0n) is 14.8. The van der Waals surface area contributed by atoms with Crippen LogP contribution in [0.4, 0.5) is 5.13 Å². The SMILES string of the molecule is CCSc1nnc(NC(=O)c2cc(-c3cccc(Cl)c3)nc3ccccc23)s1. The standard InChI is InChI=1S/C20H15ClN4OS2/c1-2-27-20-25-24-19(28-20)23-18(26)15-11-17(12-6-5-7-13(21)10-12)22-16-9-4-3-8-14(15)16/h3-11H,2H2,1H3,(H,23,24,26). The Morgan fingerprint density at radius 1 is 1.14 bits per heavy atom. The summed E-state index contributed by atoms with van der Waals surface area (Å²) < 4.78 is 0.831. The first kappa shape index (κ1) is 18.9. The molecular formula is C20H15ClN4OS2. The van der Waals surface area contributed by atoms with Crippen molar-refractivity contribution in [2.45, 2.75) is 11.3 Å². The molecule has 2 aromatic heterocycles. The van der Waals surface area contributed by atoms with Crippen LogP contribution in [-0.2, 0) is 0 Å². The summed E-state index contributed by atoms with van der Waals surface area (Å²) in [7, 11) is 0. The van der Waals surface area contributed by atoms with Gasteiger partial charge in [-0.05, 0) is 30.0 Å². The highest BCUT2D eigenvalue weighted by atomic mass is 35.5. The van der Waals surface area contributed by atoms with Crippen LogP contribution < -0.4 is 5.32 Å². The quantitative estimate of drug-likeness (QED) is 0.324. The van der Waals surface area contributed by atoms with E-state index in [1.807, 2.05) is 49.4 Å². The molecule has 0 saturated heterocycles. The number of para-hydroxylation sites is 1. The average Bonchev–Trinajstić information content (AvgIpc) is 3.14. The van der Waals surface area contributed by atoms with Crippen molar-refractivity contribution in [2.75, 3.05) is 11.1 Å². The summed E-state index contributed by atoms with van der Waals surface area (Å²) >= 11 is 9.09. The number of pyridine rings is 1. The molecule has 140 valence electrons. The fourth-order valence-corrected chi connectivity index (χ4v) is 4.60. The van der Waals surface area contributed by atoms with Gasteiger partial charge in [-0.15, -0.1) is 10.2 Å². The van der Waals surface area contributed by atoms with Crippen molar-refractivity contribution in [2.24, 2.45) is 0 Å². The number of carbonyl (C=O) groups excluding carboxylic acids is 1. The molecule has 0 aliphatic heterocycles. The zero-order valence-corrected chi connectivity index (χ0v) is 17.2. The molecule has 8 heteroatoms. The van der Waals surface area contributed by atoms with E-state index >= 15 is 0 Å². The zero-order chi connectivity index (χ0) is 19.5. The minimum Gasteiger partial charge on any atom is -0.296 e. The Labute approximate surface area is 175 Å². The van der Waals surface area contributed by atoms with Crippen molar-refractivity contribution in [1.82, 2.24) is 15.2 Å². The second-order valence-corrected chi connectivity index (χ2v) is 8.77. The van der Waals surface area contributed by atoms with E-state index in [0.29, 0.717) is 21.4 Å². The van der Waals surface area contributed by atoms with Crippen LogP contribution in [0.25, 0.3) is 22.2 Å². The Bertz CT molecular complexity index is 1160. The van der Waals surface area contributed by atoms with Gasteiger partial charge in [-0.1, -0.05) is 72.0 Å². The van der Waals surface area contributed by atoms with Gasteiger partial charge in [-0.3, -0.25) is 10.1 Å². The van der Waals surface area contributed by atoms with Gasteiger partial charge < -0.3 is 0 Å². The van der Waals surface area contributed by atoms with E-state index < -0.39 is 0 Å². The van der Waals surface area contributed by atoms with Crippen LogP contribution >= 0.6 is 34.7 Å². The molecule has 0 fully saturated rings. The summed E-state index contributed by atoms with van der Waals surface area (Å²) in [6.07, 6.45) is 0. The Hall–Kier alpha value is -2.48. The minimum absolute atomic E-state index is 0.244. The lowest BCUT2D eigenvalue weighted by atomic mass is 10.0. The monoisotopic (exact) mass is 426 g/mol. The molecular weight excluding hydrogens is 412 g/mol. The topological polar surface area (TPSA) is 67.8 Å². The van der Waals surface area contributed by atoms with E-state index in [1.165, 1.54) is 11.3 Å². The highest BCUT2D eigenvalue weighted by Crippen LogP contribution is 2.29. The molecule has 0 bridgehead atoms. The molecule has 0 radical (unpaired) electrons. The minimum atomic E-state index is -0.244. The van der Waals surface area contributed by atoms with Crippen molar-refractivity contribution in [3.05, 3.63) is 65.2 Å². The lowest BCUT2D eigenvalue weighted by Crippen LogP contribution is -2.13. The number of nitrogens with one attached hydrogen (secondary N) is 1. The highest BCUT2D eigenvalue weighted by molar-refractivity contribution is 8.01. The van der Waals surface area contributed by atoms with E-state index in [1.54, 1.807) is 23.9 Å². The normalized spacial score (nSPS) is 10.9. The van der Waals surface area contributed by atoms with Gasteiger partial charge in [0.2, 0.25) is 5.13 Å². The van der Waals surface area contributed by atoms with Crippen molar-refractivity contribution in [1.29, 1.82) is 0 Å². The summed E-state index contributed by atoms with van der Waals surface area (Å²) in [5.74, 6) is 0.659. The number of carbonyl (C=O) groups is 1. The Morgan fingerprint density at radius 2 is 2.00 bits per heavy atom. The van der Waals surface area contributed by atoms with Crippen molar-refractivity contribution in [3.8, 4) is 11.3 Å². The summed E-state index contributed by atoms with van der Waals surface area (Å²) in [6, 6.07) is 16.8. The molecule has 5 nitrogen and oxygen atoms in total. The highest BCUT2D eigenvalue weighted by Gasteiger charge is 2.16. The van der Waals surface area contributed by atoms with Gasteiger partial charge in [-0.25, -0.2) is 4.98 Å². The maximum atomic E-state index is 13.0. The second-order valence-electron chi connectivity index (χ2n) is 5.84. The van der Waals surface area contributed by atoms with Gasteiger partial charge in [0.15, 0.2) is 4.34 Å². The fraction of sp³-hybridized carbons (Fsp3) is 0.100. The van der Waals surface area contributed by atoms with E-state index in [2.05, 4.69) is 15.5 Å². The van der Waals surface area contributed by atoms with Crippen LogP contribution in [0.15, 0.2) is 58.9 Å². The number of fused-ring (bicyclic) bond motifs is 1. The molecule has 0 aliphatic rings. The lowest BCUT2D eigenvalue weighted by molar-refractivity contribution is 0.102. The Morgan fingerprint density at radius 3 is 2.82 bits per heavy atom. The molecule has 0 spiro atoms. The molecule has 0 aliphatic carbocycles. The van der Waals surface area contributed by atoms with Crippen LogP contribution in [0.3, 0.4) is 0 Å². The van der Waals surface area contributed by atoms with E-state index in [0.717, 1.165) is 26.6 Å². The number of halogens is 1. The van der Waals surface area contributed by atoms with Crippen molar-refractivity contribution in [3.63, 3.8) is 0 Å². The van der Waals surface area contributed by atoms with Crippen LogP contribution in [0.5, 0.6) is 0 Å². The van der Waals surface area contributed by atoms with Crippen LogP contribution in [0, 0.1) is 0 Å².